The summed E-state index contributed by atoms with van der Waals surface area (Å²) >= 11 is 4.37. The molecule has 0 atom stereocenters. The van der Waals surface area contributed by atoms with E-state index in [0.29, 0.717) is 22.6 Å². The lowest BCUT2D eigenvalue weighted by Crippen LogP contribution is -2.27. The van der Waals surface area contributed by atoms with Crippen LogP contribution in [0.4, 0.5) is 4.79 Å². The summed E-state index contributed by atoms with van der Waals surface area (Å²) in [6.45, 7) is 2.74. The highest BCUT2D eigenvalue weighted by Crippen LogP contribution is 2.35. The van der Waals surface area contributed by atoms with Crippen LogP contribution in [0.25, 0.3) is 6.08 Å². The second kappa shape index (κ2) is 9.09. The van der Waals surface area contributed by atoms with Crippen LogP contribution in [0.1, 0.15) is 30.0 Å². The van der Waals surface area contributed by atoms with E-state index >= 15 is 0 Å². The minimum Gasteiger partial charge on any atom is -0.492 e. The maximum absolute atomic E-state index is 12.7. The van der Waals surface area contributed by atoms with Gasteiger partial charge in [0.1, 0.15) is 5.75 Å². The lowest BCUT2D eigenvalue weighted by molar-refractivity contribution is -0.123. The number of hydrogen-bond acceptors (Lipinski definition) is 5. The van der Waals surface area contributed by atoms with Crippen LogP contribution in [0.3, 0.4) is 0 Å². The Labute approximate surface area is 176 Å². The van der Waals surface area contributed by atoms with Gasteiger partial charge in [-0.2, -0.15) is 5.26 Å². The highest BCUT2D eigenvalue weighted by Gasteiger charge is 2.35. The van der Waals surface area contributed by atoms with Crippen LogP contribution in [-0.4, -0.2) is 22.7 Å². The number of rotatable bonds is 6. The van der Waals surface area contributed by atoms with Gasteiger partial charge in [0.2, 0.25) is 0 Å². The zero-order valence-electron chi connectivity index (χ0n) is 15.1. The van der Waals surface area contributed by atoms with Gasteiger partial charge in [0.05, 0.1) is 34.2 Å². The summed E-state index contributed by atoms with van der Waals surface area (Å²) in [5, 5.41) is 8.86. The monoisotopic (exact) mass is 456 g/mol. The third-order valence-corrected chi connectivity index (χ3v) is 5.58. The summed E-state index contributed by atoms with van der Waals surface area (Å²) < 4.78 is 6.41. The van der Waals surface area contributed by atoms with E-state index < -0.39 is 0 Å². The number of thioether (sulfide) groups is 1. The number of hydrogen-bond donors (Lipinski definition) is 0. The molecular weight excluding hydrogens is 440 g/mol. The van der Waals surface area contributed by atoms with Crippen molar-refractivity contribution >= 4 is 44.9 Å². The van der Waals surface area contributed by atoms with Crippen LogP contribution >= 0.6 is 27.7 Å². The summed E-state index contributed by atoms with van der Waals surface area (Å²) in [6.07, 6.45) is 2.60. The molecule has 1 saturated heterocycles. The third-order valence-electron chi connectivity index (χ3n) is 4.06. The van der Waals surface area contributed by atoms with Crippen molar-refractivity contribution in [1.29, 1.82) is 5.26 Å². The number of amides is 2. The summed E-state index contributed by atoms with van der Waals surface area (Å²) in [6, 6.07) is 14.6. The van der Waals surface area contributed by atoms with E-state index in [1.807, 2.05) is 25.1 Å². The molecule has 0 unspecified atom stereocenters. The van der Waals surface area contributed by atoms with Gasteiger partial charge in [0.15, 0.2) is 0 Å². The fraction of sp³-hybridized carbons (Fsp3) is 0.190. The zero-order chi connectivity index (χ0) is 20.1. The molecule has 2 amide bonds. The van der Waals surface area contributed by atoms with Crippen LogP contribution < -0.4 is 4.74 Å². The molecule has 1 fully saturated rings. The minimum absolute atomic E-state index is 0.0826. The fourth-order valence-corrected chi connectivity index (χ4v) is 4.01. The van der Waals surface area contributed by atoms with Crippen LogP contribution in [0.5, 0.6) is 5.75 Å². The van der Waals surface area contributed by atoms with E-state index in [4.69, 9.17) is 4.74 Å². The Morgan fingerprint density at radius 2 is 2.04 bits per heavy atom. The van der Waals surface area contributed by atoms with Gasteiger partial charge < -0.3 is 4.74 Å². The molecule has 0 aliphatic carbocycles. The molecule has 5 nitrogen and oxygen atoms in total. The maximum atomic E-state index is 12.7. The van der Waals surface area contributed by atoms with Gasteiger partial charge in [-0.15, -0.1) is 0 Å². The Bertz CT molecular complexity index is 997. The van der Waals surface area contributed by atoms with E-state index in [-0.39, 0.29) is 17.7 Å². The summed E-state index contributed by atoms with van der Waals surface area (Å²) in [5.74, 6) is 0.380. The predicted molar refractivity (Wildman–Crippen MR) is 113 cm³/mol. The van der Waals surface area contributed by atoms with Gasteiger partial charge in [-0.05, 0) is 69.5 Å². The zero-order valence-corrected chi connectivity index (χ0v) is 17.5. The van der Waals surface area contributed by atoms with Gasteiger partial charge in [-0.1, -0.05) is 31.2 Å². The Morgan fingerprint density at radius 3 is 2.75 bits per heavy atom. The molecule has 2 aromatic carbocycles. The van der Waals surface area contributed by atoms with E-state index in [0.717, 1.165) is 34.0 Å². The highest BCUT2D eigenvalue weighted by atomic mass is 79.9. The molecule has 1 aliphatic rings. The maximum Gasteiger partial charge on any atom is 0.293 e. The first-order valence-corrected chi connectivity index (χ1v) is 10.3. The van der Waals surface area contributed by atoms with Crippen molar-refractivity contribution in [2.24, 2.45) is 0 Å². The number of nitriles is 1. The van der Waals surface area contributed by atoms with Gasteiger partial charge in [0.25, 0.3) is 11.1 Å². The molecular formula is C21H17BrN2O3S. The van der Waals surface area contributed by atoms with Gasteiger partial charge in [0, 0.05) is 0 Å². The van der Waals surface area contributed by atoms with Crippen molar-refractivity contribution in [3.8, 4) is 11.8 Å². The summed E-state index contributed by atoms with van der Waals surface area (Å²) in [4.78, 5) is 26.6. The molecule has 1 aliphatic heterocycles. The van der Waals surface area contributed by atoms with Crippen molar-refractivity contribution in [3.63, 3.8) is 0 Å². The summed E-state index contributed by atoms with van der Waals surface area (Å²) in [7, 11) is 0. The fourth-order valence-electron chi connectivity index (χ4n) is 2.66. The van der Waals surface area contributed by atoms with E-state index in [1.165, 1.54) is 4.90 Å². The molecule has 0 radical (unpaired) electrons. The van der Waals surface area contributed by atoms with E-state index in [9.17, 15) is 14.9 Å². The average molecular weight is 457 g/mol. The first-order chi connectivity index (χ1) is 13.5. The standard InChI is InChI=1S/C21H17BrN2O3S/c1-2-9-27-18-8-7-14(10-17(18)22)11-19-20(25)24(21(26)28-19)13-16-6-4-3-5-15(16)12-23/h3-8,10-11H,2,9,13H2,1H3/b19-11-. The largest absolute Gasteiger partial charge is 0.492 e. The Kier molecular flexibility index (Phi) is 6.55. The minimum atomic E-state index is -0.356. The second-order valence-electron chi connectivity index (χ2n) is 6.08. The molecule has 0 bridgehead atoms. The Hall–Kier alpha value is -2.56. The van der Waals surface area contributed by atoms with Crippen LogP contribution in [0.2, 0.25) is 0 Å². The number of carbonyl (C=O) groups excluding carboxylic acids is 2. The molecule has 28 heavy (non-hydrogen) atoms. The lowest BCUT2D eigenvalue weighted by Gasteiger charge is -2.13. The third kappa shape index (κ3) is 4.46. The number of imide groups is 1. The summed E-state index contributed by atoms with van der Waals surface area (Å²) in [5.41, 5.74) is 1.89. The molecule has 2 aromatic rings. The van der Waals surface area contributed by atoms with Gasteiger partial charge >= 0.3 is 0 Å². The predicted octanol–water partition coefficient (Wildman–Crippen LogP) is 5.35. The van der Waals surface area contributed by atoms with Crippen LogP contribution in [0.15, 0.2) is 51.8 Å². The second-order valence-corrected chi connectivity index (χ2v) is 7.92. The van der Waals surface area contributed by atoms with Crippen molar-refractivity contribution in [2.45, 2.75) is 19.9 Å². The number of carbonyl (C=O) groups is 2. The Morgan fingerprint density at radius 1 is 1.25 bits per heavy atom. The molecule has 1 heterocycles. The Balaban J connectivity index is 1.79. The molecule has 0 N–H and O–H groups in total. The highest BCUT2D eigenvalue weighted by molar-refractivity contribution is 9.10. The molecule has 3 rings (SSSR count). The SMILES string of the molecule is CCCOc1ccc(/C=C2\SC(=O)N(Cc3ccccc3C#N)C2=O)cc1Br. The van der Waals surface area contributed by atoms with Crippen LogP contribution in [-0.2, 0) is 11.3 Å². The van der Waals surface area contributed by atoms with E-state index in [1.54, 1.807) is 30.3 Å². The molecule has 142 valence electrons. The molecule has 0 spiro atoms. The normalized spacial score (nSPS) is 15.2. The number of halogens is 1. The number of benzene rings is 2. The smallest absolute Gasteiger partial charge is 0.293 e. The van der Waals surface area contributed by atoms with Crippen molar-refractivity contribution in [2.75, 3.05) is 6.61 Å². The van der Waals surface area contributed by atoms with Crippen molar-refractivity contribution in [1.82, 2.24) is 4.90 Å². The topological polar surface area (TPSA) is 70.4 Å². The van der Waals surface area contributed by atoms with Crippen LogP contribution in [0, 0.1) is 11.3 Å². The quantitative estimate of drug-likeness (QED) is 0.548. The van der Waals surface area contributed by atoms with Gasteiger partial charge in [-0.3, -0.25) is 14.5 Å². The number of ether oxygens (including phenoxy) is 1. The average Bonchev–Trinajstić information content (AvgIpc) is 2.95. The first kappa shape index (κ1) is 20.2. The van der Waals surface area contributed by atoms with Crippen molar-refractivity contribution < 1.29 is 14.3 Å². The molecule has 0 saturated carbocycles. The molecule has 7 heteroatoms. The number of nitrogens with zero attached hydrogens (tertiary/aromatic N) is 2. The van der Waals surface area contributed by atoms with E-state index in [2.05, 4.69) is 22.0 Å². The van der Waals surface area contributed by atoms with Gasteiger partial charge in [-0.25, -0.2) is 0 Å². The lowest BCUT2D eigenvalue weighted by atomic mass is 10.1. The van der Waals surface area contributed by atoms with Crippen molar-refractivity contribution in [3.05, 3.63) is 68.5 Å². The molecule has 0 aromatic heterocycles. The first-order valence-electron chi connectivity index (χ1n) is 8.69.